The van der Waals surface area contributed by atoms with Crippen molar-refractivity contribution < 1.29 is 5.11 Å². The van der Waals surface area contributed by atoms with Crippen molar-refractivity contribution in [3.63, 3.8) is 0 Å². The van der Waals surface area contributed by atoms with Crippen molar-refractivity contribution in [2.24, 2.45) is 5.92 Å². The molecule has 1 nitrogen and oxygen atoms in total. The summed E-state index contributed by atoms with van der Waals surface area (Å²) in [6.45, 7) is 3.67. The molecule has 0 heterocycles. The van der Waals surface area contributed by atoms with Gasteiger partial charge in [-0.05, 0) is 31.6 Å². The second-order valence-electron chi connectivity index (χ2n) is 3.83. The van der Waals surface area contributed by atoms with Crippen LogP contribution in [0.15, 0.2) is 12.7 Å². The fourth-order valence-electron chi connectivity index (χ4n) is 2.04. The minimum absolute atomic E-state index is 0.0664. The van der Waals surface area contributed by atoms with Crippen LogP contribution < -0.4 is 0 Å². The van der Waals surface area contributed by atoms with E-state index >= 15 is 0 Å². The van der Waals surface area contributed by atoms with Gasteiger partial charge in [-0.25, -0.2) is 0 Å². The third kappa shape index (κ3) is 2.98. The van der Waals surface area contributed by atoms with E-state index in [1.807, 2.05) is 6.08 Å². The normalized spacial score (nSPS) is 22.1. The Morgan fingerprint density at radius 1 is 1.33 bits per heavy atom. The standard InChI is InChI=1S/C11H20O/c1-2-3-9-11(12)10-7-5-4-6-8-10/h2,10-12H,1,3-9H2. The zero-order valence-corrected chi connectivity index (χ0v) is 7.84. The van der Waals surface area contributed by atoms with E-state index in [0.717, 1.165) is 12.8 Å². The summed E-state index contributed by atoms with van der Waals surface area (Å²) in [7, 11) is 0. The Morgan fingerprint density at radius 2 is 2.00 bits per heavy atom. The monoisotopic (exact) mass is 168 g/mol. The van der Waals surface area contributed by atoms with Crippen LogP contribution in [0.4, 0.5) is 0 Å². The molecule has 0 saturated heterocycles. The summed E-state index contributed by atoms with van der Waals surface area (Å²) in [5, 5.41) is 9.76. The largest absolute Gasteiger partial charge is 0.393 e. The Balaban J connectivity index is 2.19. The van der Waals surface area contributed by atoms with Crippen molar-refractivity contribution in [2.75, 3.05) is 0 Å². The molecule has 1 N–H and O–H groups in total. The zero-order valence-electron chi connectivity index (χ0n) is 7.84. The molecule has 12 heavy (non-hydrogen) atoms. The second kappa shape index (κ2) is 5.36. The predicted molar refractivity (Wildman–Crippen MR) is 52.0 cm³/mol. The van der Waals surface area contributed by atoms with E-state index in [0.29, 0.717) is 5.92 Å². The van der Waals surface area contributed by atoms with E-state index in [1.54, 1.807) is 0 Å². The maximum absolute atomic E-state index is 9.76. The van der Waals surface area contributed by atoms with Crippen molar-refractivity contribution in [3.05, 3.63) is 12.7 Å². The Hall–Kier alpha value is -0.300. The maximum Gasteiger partial charge on any atom is 0.0571 e. The lowest BCUT2D eigenvalue weighted by atomic mass is 9.84. The lowest BCUT2D eigenvalue weighted by Crippen LogP contribution is -2.22. The maximum atomic E-state index is 9.76. The van der Waals surface area contributed by atoms with E-state index < -0.39 is 0 Å². The molecule has 0 bridgehead atoms. The Bertz CT molecular complexity index is 125. The molecule has 1 fully saturated rings. The van der Waals surface area contributed by atoms with Gasteiger partial charge in [-0.3, -0.25) is 0 Å². The van der Waals surface area contributed by atoms with Gasteiger partial charge in [-0.15, -0.1) is 6.58 Å². The van der Waals surface area contributed by atoms with Gasteiger partial charge in [0.15, 0.2) is 0 Å². The molecule has 1 aliphatic rings. The molecule has 1 aliphatic carbocycles. The zero-order chi connectivity index (χ0) is 8.81. The molecule has 1 unspecified atom stereocenters. The van der Waals surface area contributed by atoms with Crippen molar-refractivity contribution in [1.29, 1.82) is 0 Å². The third-order valence-corrected chi connectivity index (χ3v) is 2.86. The SMILES string of the molecule is C=CCCC(O)C1CCCCC1. The molecule has 0 aromatic carbocycles. The van der Waals surface area contributed by atoms with Crippen molar-refractivity contribution in [2.45, 2.75) is 51.0 Å². The molecule has 0 aromatic heterocycles. The smallest absolute Gasteiger partial charge is 0.0571 e. The molecule has 1 saturated carbocycles. The highest BCUT2D eigenvalue weighted by atomic mass is 16.3. The summed E-state index contributed by atoms with van der Waals surface area (Å²) in [6, 6.07) is 0. The molecular formula is C11H20O. The van der Waals surface area contributed by atoms with Gasteiger partial charge in [0.1, 0.15) is 0 Å². The van der Waals surface area contributed by atoms with E-state index in [1.165, 1.54) is 32.1 Å². The van der Waals surface area contributed by atoms with Gasteiger partial charge in [0.05, 0.1) is 6.10 Å². The van der Waals surface area contributed by atoms with Gasteiger partial charge in [0.25, 0.3) is 0 Å². The number of allylic oxidation sites excluding steroid dienone is 1. The van der Waals surface area contributed by atoms with Crippen LogP contribution in [0.3, 0.4) is 0 Å². The lowest BCUT2D eigenvalue weighted by molar-refractivity contribution is 0.0781. The van der Waals surface area contributed by atoms with Gasteiger partial charge in [0.2, 0.25) is 0 Å². The van der Waals surface area contributed by atoms with Crippen LogP contribution in [-0.4, -0.2) is 11.2 Å². The quantitative estimate of drug-likeness (QED) is 0.640. The predicted octanol–water partition coefficient (Wildman–Crippen LogP) is 2.89. The van der Waals surface area contributed by atoms with E-state index in [2.05, 4.69) is 6.58 Å². The molecule has 0 radical (unpaired) electrons. The number of aliphatic hydroxyl groups excluding tert-OH is 1. The average Bonchev–Trinajstić information content (AvgIpc) is 2.15. The lowest BCUT2D eigenvalue weighted by Gasteiger charge is -2.26. The van der Waals surface area contributed by atoms with Crippen LogP contribution in [0.25, 0.3) is 0 Å². The topological polar surface area (TPSA) is 20.2 Å². The molecule has 0 spiro atoms. The number of aliphatic hydroxyl groups is 1. The molecule has 70 valence electrons. The van der Waals surface area contributed by atoms with Crippen LogP contribution in [0.5, 0.6) is 0 Å². The Morgan fingerprint density at radius 3 is 2.58 bits per heavy atom. The first-order chi connectivity index (χ1) is 5.84. The molecular weight excluding hydrogens is 148 g/mol. The average molecular weight is 168 g/mol. The molecule has 1 heteroatoms. The first-order valence-corrected chi connectivity index (χ1v) is 5.13. The van der Waals surface area contributed by atoms with E-state index in [4.69, 9.17) is 0 Å². The summed E-state index contributed by atoms with van der Waals surface area (Å²) in [6.07, 6.45) is 10.2. The first kappa shape index (κ1) is 9.79. The number of hydrogen-bond donors (Lipinski definition) is 1. The van der Waals surface area contributed by atoms with Crippen LogP contribution in [0.1, 0.15) is 44.9 Å². The Kier molecular flexibility index (Phi) is 4.37. The summed E-state index contributed by atoms with van der Waals surface area (Å²) in [4.78, 5) is 0. The third-order valence-electron chi connectivity index (χ3n) is 2.86. The van der Waals surface area contributed by atoms with Crippen molar-refractivity contribution in [1.82, 2.24) is 0 Å². The van der Waals surface area contributed by atoms with Crippen molar-refractivity contribution in [3.8, 4) is 0 Å². The van der Waals surface area contributed by atoms with Crippen molar-refractivity contribution >= 4 is 0 Å². The molecule has 1 atom stereocenters. The summed E-state index contributed by atoms with van der Waals surface area (Å²) in [5.41, 5.74) is 0. The fourth-order valence-corrected chi connectivity index (χ4v) is 2.04. The van der Waals surface area contributed by atoms with Crippen LogP contribution in [0, 0.1) is 5.92 Å². The van der Waals surface area contributed by atoms with Gasteiger partial charge in [0, 0.05) is 0 Å². The van der Waals surface area contributed by atoms with Gasteiger partial charge >= 0.3 is 0 Å². The summed E-state index contributed by atoms with van der Waals surface area (Å²) in [5.74, 6) is 0.582. The first-order valence-electron chi connectivity index (χ1n) is 5.13. The fraction of sp³-hybridized carbons (Fsp3) is 0.818. The van der Waals surface area contributed by atoms with E-state index in [9.17, 15) is 5.11 Å². The van der Waals surface area contributed by atoms with Gasteiger partial charge in [-0.1, -0.05) is 25.3 Å². The number of hydrogen-bond acceptors (Lipinski definition) is 1. The van der Waals surface area contributed by atoms with Gasteiger partial charge < -0.3 is 5.11 Å². The van der Waals surface area contributed by atoms with E-state index in [-0.39, 0.29) is 6.10 Å². The second-order valence-corrected chi connectivity index (χ2v) is 3.83. The Labute approximate surface area is 75.5 Å². The highest BCUT2D eigenvalue weighted by Crippen LogP contribution is 2.28. The molecule has 1 rings (SSSR count). The highest BCUT2D eigenvalue weighted by Gasteiger charge is 2.20. The minimum Gasteiger partial charge on any atom is -0.393 e. The van der Waals surface area contributed by atoms with Crippen LogP contribution in [-0.2, 0) is 0 Å². The minimum atomic E-state index is -0.0664. The summed E-state index contributed by atoms with van der Waals surface area (Å²) >= 11 is 0. The van der Waals surface area contributed by atoms with Crippen LogP contribution >= 0.6 is 0 Å². The summed E-state index contributed by atoms with van der Waals surface area (Å²) < 4.78 is 0. The molecule has 0 aliphatic heterocycles. The van der Waals surface area contributed by atoms with Crippen LogP contribution in [0.2, 0.25) is 0 Å². The molecule has 0 amide bonds. The van der Waals surface area contributed by atoms with Gasteiger partial charge in [-0.2, -0.15) is 0 Å². The number of rotatable bonds is 4. The highest BCUT2D eigenvalue weighted by molar-refractivity contribution is 4.76. The molecule has 0 aromatic rings.